The standard InChI is InChI=1S/C15H15NO6S2/c1-22-15(19)12-8-23-9-13(12)16-24(20,21)11-5-2-10(3-6-11)4-7-14(17)18/h2-3,5-6,8-9,16H,4,7H2,1H3,(H,17,18). The maximum Gasteiger partial charge on any atom is 0.340 e. The minimum Gasteiger partial charge on any atom is -0.481 e. The maximum atomic E-state index is 12.4. The SMILES string of the molecule is COC(=O)c1cscc1NS(=O)(=O)c1ccc(CCC(=O)O)cc1. The van der Waals surface area contributed by atoms with E-state index < -0.39 is 22.0 Å². The molecule has 0 spiro atoms. The second-order valence-corrected chi connectivity index (χ2v) is 7.26. The van der Waals surface area contributed by atoms with Crippen LogP contribution in [0.15, 0.2) is 39.9 Å². The maximum absolute atomic E-state index is 12.4. The number of esters is 1. The van der Waals surface area contributed by atoms with Crippen LogP contribution < -0.4 is 4.72 Å². The molecule has 7 nitrogen and oxygen atoms in total. The van der Waals surface area contributed by atoms with Crippen molar-refractivity contribution in [2.24, 2.45) is 0 Å². The summed E-state index contributed by atoms with van der Waals surface area (Å²) in [6.07, 6.45) is 0.294. The lowest BCUT2D eigenvalue weighted by Crippen LogP contribution is -2.15. The number of nitrogens with one attached hydrogen (secondary N) is 1. The van der Waals surface area contributed by atoms with Crippen LogP contribution in [0.25, 0.3) is 0 Å². The van der Waals surface area contributed by atoms with Gasteiger partial charge in [0.05, 0.1) is 23.3 Å². The Morgan fingerprint density at radius 1 is 1.21 bits per heavy atom. The van der Waals surface area contributed by atoms with E-state index in [0.717, 1.165) is 5.56 Å². The molecule has 2 N–H and O–H groups in total. The van der Waals surface area contributed by atoms with E-state index in [1.165, 1.54) is 41.3 Å². The van der Waals surface area contributed by atoms with Crippen LogP contribution in [0.3, 0.4) is 0 Å². The number of carbonyl (C=O) groups excluding carboxylic acids is 1. The number of hydrogen-bond acceptors (Lipinski definition) is 6. The van der Waals surface area contributed by atoms with E-state index in [-0.39, 0.29) is 22.6 Å². The normalized spacial score (nSPS) is 11.0. The van der Waals surface area contributed by atoms with Crippen molar-refractivity contribution < 1.29 is 27.9 Å². The van der Waals surface area contributed by atoms with Crippen LogP contribution in [-0.4, -0.2) is 32.6 Å². The molecule has 0 aliphatic carbocycles. The summed E-state index contributed by atoms with van der Waals surface area (Å²) in [5.41, 5.74) is 1.02. The van der Waals surface area contributed by atoms with Crippen LogP contribution in [0.2, 0.25) is 0 Å². The lowest BCUT2D eigenvalue weighted by molar-refractivity contribution is -0.136. The summed E-state index contributed by atoms with van der Waals surface area (Å²) in [5, 5.41) is 11.7. The highest BCUT2D eigenvalue weighted by Gasteiger charge is 2.20. The van der Waals surface area contributed by atoms with Gasteiger partial charge in [-0.3, -0.25) is 9.52 Å². The van der Waals surface area contributed by atoms with Gasteiger partial charge < -0.3 is 9.84 Å². The van der Waals surface area contributed by atoms with E-state index in [4.69, 9.17) is 5.11 Å². The molecule has 0 fully saturated rings. The van der Waals surface area contributed by atoms with E-state index in [1.807, 2.05) is 0 Å². The summed E-state index contributed by atoms with van der Waals surface area (Å²) in [6.45, 7) is 0. The Morgan fingerprint density at radius 3 is 2.46 bits per heavy atom. The summed E-state index contributed by atoms with van der Waals surface area (Å²) in [6, 6.07) is 5.91. The van der Waals surface area contributed by atoms with Crippen molar-refractivity contribution in [2.45, 2.75) is 17.7 Å². The third-order valence-electron chi connectivity index (χ3n) is 3.17. The Labute approximate surface area is 142 Å². The fourth-order valence-corrected chi connectivity index (χ4v) is 3.83. The molecular weight excluding hydrogens is 354 g/mol. The van der Waals surface area contributed by atoms with Crippen LogP contribution in [0, 0.1) is 0 Å². The Kier molecular flexibility index (Phi) is 5.58. The first kappa shape index (κ1) is 18.0. The van der Waals surface area contributed by atoms with E-state index in [9.17, 15) is 18.0 Å². The Hall–Kier alpha value is -2.39. The van der Waals surface area contributed by atoms with Crippen molar-refractivity contribution in [3.63, 3.8) is 0 Å². The topological polar surface area (TPSA) is 110 Å². The third-order valence-corrected chi connectivity index (χ3v) is 5.30. The minimum absolute atomic E-state index is 0.0172. The predicted octanol–water partition coefficient (Wildman–Crippen LogP) is 2.35. The molecule has 0 aliphatic rings. The zero-order valence-corrected chi connectivity index (χ0v) is 14.3. The molecule has 0 atom stereocenters. The Morgan fingerprint density at radius 2 is 1.88 bits per heavy atom. The number of ether oxygens (including phenoxy) is 1. The molecule has 0 bridgehead atoms. The number of carboxylic acids is 1. The van der Waals surface area contributed by atoms with E-state index in [0.29, 0.717) is 6.42 Å². The molecule has 0 amide bonds. The second-order valence-electron chi connectivity index (χ2n) is 4.83. The smallest absolute Gasteiger partial charge is 0.340 e. The molecule has 1 heterocycles. The van der Waals surface area contributed by atoms with Crippen molar-refractivity contribution in [3.8, 4) is 0 Å². The van der Waals surface area contributed by atoms with Crippen LogP contribution in [-0.2, 0) is 26.0 Å². The quantitative estimate of drug-likeness (QED) is 0.725. The molecule has 0 saturated carbocycles. The van der Waals surface area contributed by atoms with Gasteiger partial charge in [0.2, 0.25) is 0 Å². The average Bonchev–Trinajstić information content (AvgIpc) is 3.00. The lowest BCUT2D eigenvalue weighted by Gasteiger charge is -2.09. The Balaban J connectivity index is 2.17. The molecule has 0 unspecified atom stereocenters. The molecule has 0 radical (unpaired) electrons. The van der Waals surface area contributed by atoms with Crippen molar-refractivity contribution in [1.82, 2.24) is 0 Å². The molecule has 24 heavy (non-hydrogen) atoms. The Bertz CT molecular complexity index is 839. The molecule has 128 valence electrons. The number of thiophene rings is 1. The van der Waals surface area contributed by atoms with Gasteiger partial charge in [0.25, 0.3) is 10.0 Å². The van der Waals surface area contributed by atoms with Crippen LogP contribution in [0.4, 0.5) is 5.69 Å². The largest absolute Gasteiger partial charge is 0.481 e. The van der Waals surface area contributed by atoms with Crippen molar-refractivity contribution in [2.75, 3.05) is 11.8 Å². The first-order valence-corrected chi connectivity index (χ1v) is 9.24. The highest BCUT2D eigenvalue weighted by Crippen LogP contribution is 2.25. The number of rotatable bonds is 7. The van der Waals surface area contributed by atoms with Gasteiger partial charge >= 0.3 is 11.9 Å². The summed E-state index contributed by atoms with van der Waals surface area (Å²) in [7, 11) is -2.65. The van der Waals surface area contributed by atoms with Gasteiger partial charge in [0, 0.05) is 17.2 Å². The second kappa shape index (κ2) is 7.45. The zero-order valence-electron chi connectivity index (χ0n) is 12.7. The number of carbonyl (C=O) groups is 2. The van der Waals surface area contributed by atoms with Gasteiger partial charge in [-0.2, -0.15) is 0 Å². The number of anilines is 1. The number of carboxylic acid groups (broad SMARTS) is 1. The lowest BCUT2D eigenvalue weighted by atomic mass is 10.1. The van der Waals surface area contributed by atoms with Crippen molar-refractivity contribution >= 4 is 39.0 Å². The number of benzene rings is 1. The number of hydrogen-bond donors (Lipinski definition) is 2. The molecule has 2 rings (SSSR count). The van der Waals surface area contributed by atoms with E-state index in [1.54, 1.807) is 12.1 Å². The third kappa shape index (κ3) is 4.33. The van der Waals surface area contributed by atoms with Gasteiger partial charge in [-0.15, -0.1) is 11.3 Å². The van der Waals surface area contributed by atoms with Crippen LogP contribution >= 0.6 is 11.3 Å². The van der Waals surface area contributed by atoms with E-state index in [2.05, 4.69) is 9.46 Å². The molecule has 2 aromatic rings. The van der Waals surface area contributed by atoms with Crippen molar-refractivity contribution in [1.29, 1.82) is 0 Å². The molecule has 9 heteroatoms. The zero-order chi connectivity index (χ0) is 17.7. The summed E-state index contributed by atoms with van der Waals surface area (Å²) < 4.78 is 31.7. The highest BCUT2D eigenvalue weighted by molar-refractivity contribution is 7.92. The van der Waals surface area contributed by atoms with E-state index >= 15 is 0 Å². The number of methoxy groups -OCH3 is 1. The monoisotopic (exact) mass is 369 g/mol. The first-order valence-electron chi connectivity index (χ1n) is 6.81. The van der Waals surface area contributed by atoms with Gasteiger partial charge in [0.15, 0.2) is 0 Å². The molecule has 1 aromatic heterocycles. The fourth-order valence-electron chi connectivity index (χ4n) is 1.93. The van der Waals surface area contributed by atoms with Crippen molar-refractivity contribution in [3.05, 3.63) is 46.2 Å². The highest BCUT2D eigenvalue weighted by atomic mass is 32.2. The summed E-state index contributed by atoms with van der Waals surface area (Å²) >= 11 is 1.17. The number of sulfonamides is 1. The van der Waals surface area contributed by atoms with Crippen LogP contribution in [0.1, 0.15) is 22.3 Å². The number of aryl methyl sites for hydroxylation is 1. The molecule has 0 aliphatic heterocycles. The van der Waals surface area contributed by atoms with Gasteiger partial charge in [-0.1, -0.05) is 12.1 Å². The predicted molar refractivity (Wildman–Crippen MR) is 88.9 cm³/mol. The molecule has 0 saturated heterocycles. The average molecular weight is 369 g/mol. The minimum atomic E-state index is -3.86. The molecule has 1 aromatic carbocycles. The van der Waals surface area contributed by atoms with Crippen LogP contribution in [0.5, 0.6) is 0 Å². The number of aliphatic carboxylic acids is 1. The van der Waals surface area contributed by atoms with Gasteiger partial charge in [-0.05, 0) is 24.1 Å². The summed E-state index contributed by atoms with van der Waals surface area (Å²) in [4.78, 5) is 22.2. The molecular formula is C15H15NO6S2. The fraction of sp³-hybridized carbons (Fsp3) is 0.200. The first-order chi connectivity index (χ1) is 11.3. The summed E-state index contributed by atoms with van der Waals surface area (Å²) in [5.74, 6) is -1.54. The van der Waals surface area contributed by atoms with Gasteiger partial charge in [-0.25, -0.2) is 13.2 Å². The van der Waals surface area contributed by atoms with Gasteiger partial charge in [0.1, 0.15) is 0 Å².